The van der Waals surface area contributed by atoms with Crippen LogP contribution in [0.15, 0.2) is 134 Å². The predicted octanol–water partition coefficient (Wildman–Crippen LogP) is 8.72. The molecule has 2 unspecified atom stereocenters. The molecule has 11 heteroatoms. The van der Waals surface area contributed by atoms with Crippen LogP contribution < -0.4 is 10.2 Å². The van der Waals surface area contributed by atoms with Crippen molar-refractivity contribution >= 4 is 63.8 Å². The van der Waals surface area contributed by atoms with Gasteiger partial charge in [-0.1, -0.05) is 41.2 Å². The van der Waals surface area contributed by atoms with Crippen LogP contribution in [-0.4, -0.2) is 15.0 Å². The molecule has 0 radical (unpaired) electrons. The first-order valence-corrected chi connectivity index (χ1v) is 14.9. The molecule has 2 atom stereocenters. The molecular formula is C30H21ClN4O3S3. The summed E-state index contributed by atoms with van der Waals surface area (Å²) in [5.74, 6) is 0.758. The van der Waals surface area contributed by atoms with Crippen LogP contribution in [0.1, 0.15) is 23.5 Å². The number of halogens is 1. The number of pyridine rings is 1. The van der Waals surface area contributed by atoms with Crippen molar-refractivity contribution in [1.82, 2.24) is 10.3 Å². The Balaban J connectivity index is 1.28. The summed E-state index contributed by atoms with van der Waals surface area (Å²) in [6.45, 7) is 0. The van der Waals surface area contributed by atoms with Crippen LogP contribution in [0.3, 0.4) is 0 Å². The van der Waals surface area contributed by atoms with Gasteiger partial charge in [-0.3, -0.25) is 15.1 Å². The zero-order valence-electron chi connectivity index (χ0n) is 21.2. The molecule has 0 aliphatic carbocycles. The monoisotopic (exact) mass is 616 g/mol. The summed E-state index contributed by atoms with van der Waals surface area (Å²) in [5, 5.41) is 16.4. The van der Waals surface area contributed by atoms with E-state index in [1.54, 1.807) is 18.3 Å². The number of aromatic nitrogens is 1. The van der Waals surface area contributed by atoms with Crippen molar-refractivity contribution in [2.75, 3.05) is 4.90 Å². The van der Waals surface area contributed by atoms with E-state index in [0.29, 0.717) is 10.1 Å². The Hall–Kier alpha value is -3.83. The van der Waals surface area contributed by atoms with Gasteiger partial charge < -0.3 is 14.6 Å². The molecule has 1 saturated heterocycles. The number of thiocarbonyl (C=S) groups is 1. The number of nitro groups is 1. The van der Waals surface area contributed by atoms with E-state index in [-0.39, 0.29) is 17.8 Å². The van der Waals surface area contributed by atoms with E-state index in [2.05, 4.69) is 15.2 Å². The van der Waals surface area contributed by atoms with Gasteiger partial charge in [-0.05, 0) is 97.1 Å². The lowest BCUT2D eigenvalue weighted by atomic mass is 10.0. The molecule has 0 saturated carbocycles. The molecule has 1 fully saturated rings. The zero-order valence-corrected chi connectivity index (χ0v) is 24.4. The molecule has 1 aliphatic heterocycles. The molecule has 41 heavy (non-hydrogen) atoms. The number of non-ortho nitro benzene ring substituents is 1. The molecule has 204 valence electrons. The maximum Gasteiger partial charge on any atom is 0.269 e. The Bertz CT molecular complexity index is 1680. The minimum absolute atomic E-state index is 0.0703. The predicted molar refractivity (Wildman–Crippen MR) is 166 cm³/mol. The molecule has 5 aromatic rings. The van der Waals surface area contributed by atoms with E-state index in [1.165, 1.54) is 35.7 Å². The molecule has 0 amide bonds. The van der Waals surface area contributed by atoms with Crippen molar-refractivity contribution in [1.29, 1.82) is 0 Å². The Morgan fingerprint density at radius 3 is 2.20 bits per heavy atom. The number of hydrogen-bond acceptors (Lipinski definition) is 7. The molecular weight excluding hydrogens is 596 g/mol. The van der Waals surface area contributed by atoms with Crippen LogP contribution in [-0.2, 0) is 0 Å². The SMILES string of the molecule is O=[N+]([O-])c1ccc(Sc2ccc(N3C(=S)NC(c4ccccn4)C3c3ccc(Sc4ccc(Cl)cc4)o3)cc2)cc1. The summed E-state index contributed by atoms with van der Waals surface area (Å²) < 4.78 is 6.39. The average Bonchev–Trinajstić information content (AvgIpc) is 3.59. The Morgan fingerprint density at radius 2 is 1.54 bits per heavy atom. The summed E-state index contributed by atoms with van der Waals surface area (Å²) in [4.78, 5) is 20.2. The molecule has 0 spiro atoms. The van der Waals surface area contributed by atoms with E-state index in [4.69, 9.17) is 28.2 Å². The third-order valence-electron chi connectivity index (χ3n) is 6.42. The maximum absolute atomic E-state index is 11.0. The number of furan rings is 1. The number of nitro benzene ring substituents is 1. The second-order valence-corrected chi connectivity index (χ2v) is 12.1. The number of anilines is 1. The highest BCUT2D eigenvalue weighted by atomic mass is 35.5. The van der Waals surface area contributed by atoms with E-state index >= 15 is 0 Å². The Labute approximate surface area is 255 Å². The first kappa shape index (κ1) is 27.3. The van der Waals surface area contributed by atoms with Gasteiger partial charge >= 0.3 is 0 Å². The quantitative estimate of drug-likeness (QED) is 0.104. The number of benzene rings is 3. The largest absolute Gasteiger partial charge is 0.452 e. The van der Waals surface area contributed by atoms with E-state index in [9.17, 15) is 10.1 Å². The lowest BCUT2D eigenvalue weighted by molar-refractivity contribution is -0.384. The molecule has 3 aromatic carbocycles. The molecule has 1 aliphatic rings. The first-order valence-electron chi connectivity index (χ1n) is 12.5. The second kappa shape index (κ2) is 12.0. The van der Waals surface area contributed by atoms with Gasteiger partial charge in [-0.25, -0.2) is 0 Å². The van der Waals surface area contributed by atoms with Gasteiger partial charge in [0.2, 0.25) is 0 Å². The minimum atomic E-state index is -0.400. The van der Waals surface area contributed by atoms with Crippen LogP contribution >= 0.6 is 47.3 Å². The third kappa shape index (κ3) is 6.11. The van der Waals surface area contributed by atoms with Gasteiger partial charge in [0.05, 0.1) is 16.7 Å². The van der Waals surface area contributed by atoms with Crippen molar-refractivity contribution in [3.63, 3.8) is 0 Å². The van der Waals surface area contributed by atoms with Crippen LogP contribution in [0.25, 0.3) is 0 Å². The van der Waals surface area contributed by atoms with Crippen LogP contribution in [0.2, 0.25) is 5.02 Å². The molecule has 3 heterocycles. The van der Waals surface area contributed by atoms with Gasteiger partial charge in [0, 0.05) is 43.7 Å². The summed E-state index contributed by atoms with van der Waals surface area (Å²) in [6.07, 6.45) is 1.77. The fourth-order valence-electron chi connectivity index (χ4n) is 4.54. The van der Waals surface area contributed by atoms with Gasteiger partial charge in [0.1, 0.15) is 11.8 Å². The van der Waals surface area contributed by atoms with Crippen LogP contribution in [0, 0.1) is 10.1 Å². The molecule has 6 rings (SSSR count). The van der Waals surface area contributed by atoms with Gasteiger partial charge in [0.15, 0.2) is 10.2 Å². The summed E-state index contributed by atoms with van der Waals surface area (Å²) in [6, 6.07) is 31.5. The normalized spacial score (nSPS) is 16.5. The smallest absolute Gasteiger partial charge is 0.269 e. The van der Waals surface area contributed by atoms with Crippen molar-refractivity contribution in [2.24, 2.45) is 0 Å². The zero-order chi connectivity index (χ0) is 28.3. The highest BCUT2D eigenvalue weighted by molar-refractivity contribution is 7.99. The van der Waals surface area contributed by atoms with Crippen molar-refractivity contribution < 1.29 is 9.34 Å². The van der Waals surface area contributed by atoms with Gasteiger partial charge in [0.25, 0.3) is 5.69 Å². The fourth-order valence-corrected chi connectivity index (χ4v) is 6.60. The Morgan fingerprint density at radius 1 is 0.878 bits per heavy atom. The number of rotatable bonds is 8. The van der Waals surface area contributed by atoms with Crippen LogP contribution in [0.5, 0.6) is 0 Å². The Kier molecular flexibility index (Phi) is 7.97. The summed E-state index contributed by atoms with van der Waals surface area (Å²) in [5.41, 5.74) is 1.83. The standard InChI is InChI=1S/C30H21ClN4O3S3/c31-19-4-10-24(11-5-19)41-27-17-16-26(38-27)29-28(25-3-1-2-18-32-25)33-30(39)34(29)20-6-12-22(13-7-20)40-23-14-8-21(9-15-23)35(36)37/h1-18,28-29H,(H,33,39). The minimum Gasteiger partial charge on any atom is -0.452 e. The third-order valence-corrected chi connectivity index (χ3v) is 8.93. The lowest BCUT2D eigenvalue weighted by Gasteiger charge is -2.26. The average molecular weight is 617 g/mol. The molecule has 2 aromatic heterocycles. The van der Waals surface area contributed by atoms with E-state index in [1.807, 2.05) is 78.9 Å². The number of hydrogen-bond donors (Lipinski definition) is 1. The van der Waals surface area contributed by atoms with Crippen molar-refractivity contribution in [3.05, 3.63) is 136 Å². The molecule has 7 nitrogen and oxygen atoms in total. The number of nitrogens with zero attached hydrogens (tertiary/aromatic N) is 3. The second-order valence-electron chi connectivity index (χ2n) is 9.06. The fraction of sp³-hybridized carbons (Fsp3) is 0.0667. The molecule has 0 bridgehead atoms. The summed E-state index contributed by atoms with van der Waals surface area (Å²) >= 11 is 14.9. The maximum atomic E-state index is 11.0. The van der Waals surface area contributed by atoms with Gasteiger partial charge in [-0.15, -0.1) is 0 Å². The highest BCUT2D eigenvalue weighted by Gasteiger charge is 2.42. The highest BCUT2D eigenvalue weighted by Crippen LogP contribution is 2.44. The summed E-state index contributed by atoms with van der Waals surface area (Å²) in [7, 11) is 0. The van der Waals surface area contributed by atoms with Crippen molar-refractivity contribution in [2.45, 2.75) is 31.9 Å². The lowest BCUT2D eigenvalue weighted by Crippen LogP contribution is -2.29. The van der Waals surface area contributed by atoms with Crippen LogP contribution in [0.4, 0.5) is 11.4 Å². The first-order chi connectivity index (χ1) is 19.9. The molecule has 1 N–H and O–H groups in total. The number of nitrogens with one attached hydrogen (secondary N) is 1. The topological polar surface area (TPSA) is 84.4 Å². The van der Waals surface area contributed by atoms with E-state index < -0.39 is 4.92 Å². The van der Waals surface area contributed by atoms with Gasteiger partial charge in [-0.2, -0.15) is 0 Å². The van der Waals surface area contributed by atoms with Crippen molar-refractivity contribution in [3.8, 4) is 0 Å². The van der Waals surface area contributed by atoms with E-state index in [0.717, 1.165) is 36.9 Å².